The van der Waals surface area contributed by atoms with Crippen molar-refractivity contribution in [2.24, 2.45) is 0 Å². The lowest BCUT2D eigenvalue weighted by Gasteiger charge is -2.28. The third-order valence-corrected chi connectivity index (χ3v) is 5.69. The number of morpholine rings is 1. The maximum Gasteiger partial charge on any atom is 0.227 e. The van der Waals surface area contributed by atoms with Crippen LogP contribution in [0.1, 0.15) is 5.69 Å². The third kappa shape index (κ3) is 5.24. The van der Waals surface area contributed by atoms with Crippen molar-refractivity contribution in [3.63, 3.8) is 0 Å². The van der Waals surface area contributed by atoms with Crippen molar-refractivity contribution in [1.29, 1.82) is 0 Å². The summed E-state index contributed by atoms with van der Waals surface area (Å²) in [7, 11) is 0. The summed E-state index contributed by atoms with van der Waals surface area (Å²) in [5, 5.41) is 6.63. The van der Waals surface area contributed by atoms with Gasteiger partial charge in [-0.05, 0) is 54.6 Å². The Balaban J connectivity index is 1.26. The maximum absolute atomic E-state index is 6.31. The molecule has 0 bridgehead atoms. The van der Waals surface area contributed by atoms with Crippen LogP contribution in [0, 0.1) is 0 Å². The molecule has 5 rings (SSSR count). The van der Waals surface area contributed by atoms with E-state index in [1.165, 1.54) is 5.69 Å². The molecule has 4 aromatic rings. The van der Waals surface area contributed by atoms with E-state index in [2.05, 4.69) is 42.6 Å². The van der Waals surface area contributed by atoms with Crippen molar-refractivity contribution >= 4 is 28.7 Å². The van der Waals surface area contributed by atoms with Gasteiger partial charge in [0.15, 0.2) is 0 Å². The highest BCUT2D eigenvalue weighted by Crippen LogP contribution is 2.27. The van der Waals surface area contributed by atoms with Gasteiger partial charge < -0.3 is 26.0 Å². The number of nitrogens with one attached hydrogen (secondary N) is 2. The van der Waals surface area contributed by atoms with Crippen LogP contribution in [0.5, 0.6) is 0 Å². The van der Waals surface area contributed by atoms with Gasteiger partial charge in [0.1, 0.15) is 0 Å². The van der Waals surface area contributed by atoms with Crippen molar-refractivity contribution in [1.82, 2.24) is 15.0 Å². The number of ether oxygens (including phenoxy) is 1. The highest BCUT2D eigenvalue weighted by atomic mass is 16.5. The molecule has 1 saturated heterocycles. The van der Waals surface area contributed by atoms with Gasteiger partial charge in [-0.15, -0.1) is 0 Å². The Kier molecular flexibility index (Phi) is 6.49. The first kappa shape index (κ1) is 21.7. The molecule has 34 heavy (non-hydrogen) atoms. The monoisotopic (exact) mass is 453 g/mol. The molecule has 1 aliphatic rings. The van der Waals surface area contributed by atoms with E-state index in [1.54, 1.807) is 12.4 Å². The summed E-state index contributed by atoms with van der Waals surface area (Å²) in [6.45, 7) is 3.98. The molecule has 2 aromatic heterocycles. The number of rotatable bonds is 7. The Morgan fingerprint density at radius 2 is 1.76 bits per heavy atom. The maximum atomic E-state index is 6.31. The Morgan fingerprint density at radius 1 is 0.912 bits per heavy atom. The van der Waals surface area contributed by atoms with Gasteiger partial charge in [-0.3, -0.25) is 4.98 Å². The zero-order valence-electron chi connectivity index (χ0n) is 18.8. The molecule has 8 nitrogen and oxygen atoms in total. The summed E-state index contributed by atoms with van der Waals surface area (Å²) in [5.74, 6) is 0.535. The Morgan fingerprint density at radius 3 is 2.53 bits per heavy atom. The zero-order valence-corrected chi connectivity index (χ0v) is 18.8. The molecule has 0 atom stereocenters. The second kappa shape index (κ2) is 10.2. The number of anilines is 5. The molecule has 0 aliphatic carbocycles. The van der Waals surface area contributed by atoms with Crippen molar-refractivity contribution in [2.75, 3.05) is 47.6 Å². The summed E-state index contributed by atoms with van der Waals surface area (Å²) in [6.07, 6.45) is 3.53. The average Bonchev–Trinajstić information content (AvgIpc) is 2.90. The van der Waals surface area contributed by atoms with Crippen LogP contribution >= 0.6 is 0 Å². The summed E-state index contributed by atoms with van der Waals surface area (Å²) < 4.78 is 5.43. The predicted molar refractivity (Wildman–Crippen MR) is 136 cm³/mol. The van der Waals surface area contributed by atoms with E-state index in [0.29, 0.717) is 18.2 Å². The van der Waals surface area contributed by atoms with E-state index in [1.807, 2.05) is 54.6 Å². The van der Waals surface area contributed by atoms with Crippen LogP contribution in [-0.4, -0.2) is 41.3 Å². The smallest absolute Gasteiger partial charge is 0.227 e. The summed E-state index contributed by atoms with van der Waals surface area (Å²) in [5.41, 5.74) is 12.6. The van der Waals surface area contributed by atoms with E-state index >= 15 is 0 Å². The van der Waals surface area contributed by atoms with Gasteiger partial charge in [0.25, 0.3) is 0 Å². The third-order valence-electron chi connectivity index (χ3n) is 5.69. The highest BCUT2D eigenvalue weighted by molar-refractivity contribution is 5.75. The van der Waals surface area contributed by atoms with Crippen LogP contribution in [0.25, 0.3) is 11.3 Å². The predicted octanol–water partition coefficient (Wildman–Crippen LogP) is 4.31. The minimum absolute atomic E-state index is 0.535. The lowest BCUT2D eigenvalue weighted by atomic mass is 10.1. The molecule has 2 aromatic carbocycles. The van der Waals surface area contributed by atoms with Crippen LogP contribution in [-0.2, 0) is 11.3 Å². The van der Waals surface area contributed by atoms with Crippen molar-refractivity contribution in [3.8, 4) is 11.3 Å². The molecule has 1 aliphatic heterocycles. The molecule has 0 unspecified atom stereocenters. The molecule has 0 spiro atoms. The zero-order chi connectivity index (χ0) is 23.2. The highest BCUT2D eigenvalue weighted by Gasteiger charge is 2.11. The van der Waals surface area contributed by atoms with Crippen LogP contribution in [0.2, 0.25) is 0 Å². The molecular formula is C26H27N7O. The van der Waals surface area contributed by atoms with Crippen molar-refractivity contribution < 1.29 is 4.74 Å². The molecule has 0 radical (unpaired) electrons. The topological polar surface area (TPSA) is 101 Å². The molecule has 4 N–H and O–H groups in total. The van der Waals surface area contributed by atoms with Gasteiger partial charge in [-0.25, -0.2) is 9.97 Å². The lowest BCUT2D eigenvalue weighted by Crippen LogP contribution is -2.36. The van der Waals surface area contributed by atoms with Crippen LogP contribution in [0.4, 0.5) is 28.7 Å². The fourth-order valence-corrected chi connectivity index (χ4v) is 3.86. The van der Waals surface area contributed by atoms with Gasteiger partial charge in [0, 0.05) is 42.4 Å². The number of aromatic nitrogens is 3. The molecule has 3 heterocycles. The number of pyridine rings is 1. The van der Waals surface area contributed by atoms with E-state index in [0.717, 1.165) is 54.6 Å². The Labute approximate surface area is 198 Å². The van der Waals surface area contributed by atoms with E-state index in [-0.39, 0.29) is 0 Å². The Hall–Kier alpha value is -4.17. The SMILES string of the molecule is Nc1cc(-c2ccnc(Nc3ccc(N4CCOCC4)cc3)n2)ccc1NCc1ccccn1. The number of hydrogen-bond donors (Lipinski definition) is 3. The number of hydrogen-bond acceptors (Lipinski definition) is 8. The largest absolute Gasteiger partial charge is 0.397 e. The van der Waals surface area contributed by atoms with Gasteiger partial charge in [-0.2, -0.15) is 0 Å². The summed E-state index contributed by atoms with van der Waals surface area (Å²) in [6, 6.07) is 21.9. The lowest BCUT2D eigenvalue weighted by molar-refractivity contribution is 0.122. The van der Waals surface area contributed by atoms with Gasteiger partial charge in [0.05, 0.1) is 42.5 Å². The van der Waals surface area contributed by atoms with Crippen molar-refractivity contribution in [2.45, 2.75) is 6.54 Å². The second-order valence-electron chi connectivity index (χ2n) is 8.01. The first-order valence-corrected chi connectivity index (χ1v) is 11.3. The quantitative estimate of drug-likeness (QED) is 0.356. The summed E-state index contributed by atoms with van der Waals surface area (Å²) >= 11 is 0. The number of nitrogen functional groups attached to an aromatic ring is 1. The fraction of sp³-hybridized carbons (Fsp3) is 0.192. The first-order valence-electron chi connectivity index (χ1n) is 11.3. The molecule has 8 heteroatoms. The normalized spacial score (nSPS) is 13.5. The Bertz CT molecular complexity index is 1230. The van der Waals surface area contributed by atoms with Gasteiger partial charge in [-0.1, -0.05) is 12.1 Å². The molecule has 0 amide bonds. The minimum Gasteiger partial charge on any atom is -0.397 e. The molecule has 172 valence electrons. The number of nitrogens with two attached hydrogens (primary N) is 1. The molecular weight excluding hydrogens is 426 g/mol. The van der Waals surface area contributed by atoms with Crippen molar-refractivity contribution in [3.05, 3.63) is 84.8 Å². The number of benzene rings is 2. The van der Waals surface area contributed by atoms with E-state index in [4.69, 9.17) is 10.5 Å². The molecule has 1 fully saturated rings. The van der Waals surface area contributed by atoms with Crippen LogP contribution in [0.3, 0.4) is 0 Å². The number of nitrogens with zero attached hydrogens (tertiary/aromatic N) is 4. The van der Waals surface area contributed by atoms with Gasteiger partial charge in [0.2, 0.25) is 5.95 Å². The van der Waals surface area contributed by atoms with E-state index in [9.17, 15) is 0 Å². The summed E-state index contributed by atoms with van der Waals surface area (Å²) in [4.78, 5) is 15.7. The first-order chi connectivity index (χ1) is 16.7. The van der Waals surface area contributed by atoms with E-state index < -0.39 is 0 Å². The molecule has 0 saturated carbocycles. The minimum atomic E-state index is 0.535. The van der Waals surface area contributed by atoms with Crippen LogP contribution in [0.15, 0.2) is 79.1 Å². The standard InChI is InChI=1S/C26H27N7O/c27-23-17-19(4-9-25(23)30-18-21-3-1-2-11-28-21)24-10-12-29-26(32-24)31-20-5-7-22(8-6-20)33-13-15-34-16-14-33/h1-12,17,30H,13-16,18,27H2,(H,29,31,32). The van der Waals surface area contributed by atoms with Crippen LogP contribution < -0.4 is 21.3 Å². The second-order valence-corrected chi connectivity index (χ2v) is 8.01. The fourth-order valence-electron chi connectivity index (χ4n) is 3.86. The average molecular weight is 454 g/mol. The van der Waals surface area contributed by atoms with Gasteiger partial charge >= 0.3 is 0 Å².